The summed E-state index contributed by atoms with van der Waals surface area (Å²) in [5.74, 6) is 2.00. The van der Waals surface area contributed by atoms with Gasteiger partial charge in [0.05, 0.1) is 22.7 Å². The lowest BCUT2D eigenvalue weighted by Gasteiger charge is -2.18. The lowest BCUT2D eigenvalue weighted by atomic mass is 9.97. The third kappa shape index (κ3) is 3.21. The number of nitrogens with zero attached hydrogens (tertiary/aromatic N) is 3. The van der Waals surface area contributed by atoms with Crippen molar-refractivity contribution in [3.8, 4) is 11.5 Å². The number of aromatic nitrogens is 3. The maximum Gasteiger partial charge on any atom is 0.257 e. The highest BCUT2D eigenvalue weighted by atomic mass is 32.1. The van der Waals surface area contributed by atoms with Crippen molar-refractivity contribution < 1.29 is 9.47 Å². The molecule has 4 aromatic rings. The molecule has 6 rings (SSSR count). The fourth-order valence-electron chi connectivity index (χ4n) is 4.19. The van der Waals surface area contributed by atoms with Gasteiger partial charge in [0, 0.05) is 16.3 Å². The molecular weight excluding hydrogens is 414 g/mol. The number of H-pyrrole nitrogens is 1. The smallest absolute Gasteiger partial charge is 0.257 e. The standard InChI is InChI=1S/C22H19N5O3S/c28-21-13(7-12-8-16-17(9-15(12)26-21)30-6-5-29-16)10-25-27-20-19-14-3-1-2-4-18(14)31-22(19)24-11-23-20/h7-11H,1-6H2,(H,26,28)(H,23,24,27)/b25-10+. The van der Waals surface area contributed by atoms with Crippen LogP contribution in [-0.4, -0.2) is 34.4 Å². The average Bonchev–Trinajstić information content (AvgIpc) is 3.17. The third-order valence-corrected chi connectivity index (χ3v) is 6.86. The first-order chi connectivity index (χ1) is 15.3. The normalized spacial score (nSPS) is 15.5. The zero-order valence-corrected chi connectivity index (χ0v) is 17.4. The quantitative estimate of drug-likeness (QED) is 0.378. The Bertz CT molecular complexity index is 1410. The van der Waals surface area contributed by atoms with Gasteiger partial charge in [-0.3, -0.25) is 10.2 Å². The van der Waals surface area contributed by atoms with Gasteiger partial charge in [-0.05, 0) is 43.4 Å². The molecule has 2 aliphatic rings. The van der Waals surface area contributed by atoms with E-state index in [2.05, 4.69) is 25.5 Å². The maximum atomic E-state index is 12.5. The van der Waals surface area contributed by atoms with Crippen molar-refractivity contribution in [2.75, 3.05) is 18.6 Å². The minimum Gasteiger partial charge on any atom is -0.486 e. The molecule has 0 amide bonds. The van der Waals surface area contributed by atoms with Crippen molar-refractivity contribution >= 4 is 44.5 Å². The lowest BCUT2D eigenvalue weighted by molar-refractivity contribution is 0.172. The Labute approximate surface area is 180 Å². The first kappa shape index (κ1) is 18.3. The number of aromatic amines is 1. The highest BCUT2D eigenvalue weighted by Gasteiger charge is 2.19. The van der Waals surface area contributed by atoms with Crippen LogP contribution in [0.2, 0.25) is 0 Å². The largest absolute Gasteiger partial charge is 0.486 e. The molecule has 8 nitrogen and oxygen atoms in total. The first-order valence-corrected chi connectivity index (χ1v) is 11.1. The van der Waals surface area contributed by atoms with Crippen LogP contribution in [0.3, 0.4) is 0 Å². The molecule has 31 heavy (non-hydrogen) atoms. The SMILES string of the molecule is O=c1[nH]c2cc3c(cc2cc1/C=N/Nc1ncnc2sc4c(c12)CCCC4)OCCO3. The number of benzene rings is 1. The highest BCUT2D eigenvalue weighted by Crippen LogP contribution is 2.38. The van der Waals surface area contributed by atoms with Crippen LogP contribution in [-0.2, 0) is 12.8 Å². The van der Waals surface area contributed by atoms with Crippen LogP contribution in [0.5, 0.6) is 11.5 Å². The second kappa shape index (κ2) is 7.35. The highest BCUT2D eigenvalue weighted by molar-refractivity contribution is 7.19. The molecule has 0 unspecified atom stereocenters. The number of hydrogen-bond donors (Lipinski definition) is 2. The fraction of sp³-hybridized carbons (Fsp3) is 0.273. The van der Waals surface area contributed by atoms with Gasteiger partial charge in [-0.1, -0.05) is 0 Å². The van der Waals surface area contributed by atoms with Crippen molar-refractivity contribution in [2.24, 2.45) is 5.10 Å². The van der Waals surface area contributed by atoms with Crippen molar-refractivity contribution in [3.05, 3.63) is 50.9 Å². The Morgan fingerprint density at radius 3 is 2.84 bits per heavy atom. The Hall–Kier alpha value is -3.46. The van der Waals surface area contributed by atoms with Crippen LogP contribution in [0.1, 0.15) is 28.8 Å². The van der Waals surface area contributed by atoms with E-state index in [0.717, 1.165) is 28.4 Å². The topological polar surface area (TPSA) is 101 Å². The Balaban J connectivity index is 1.33. The summed E-state index contributed by atoms with van der Waals surface area (Å²) in [5.41, 5.74) is 5.27. The van der Waals surface area contributed by atoms with Gasteiger partial charge in [-0.15, -0.1) is 11.3 Å². The molecule has 0 saturated carbocycles. The van der Waals surface area contributed by atoms with Gasteiger partial charge < -0.3 is 14.5 Å². The van der Waals surface area contributed by atoms with E-state index in [1.54, 1.807) is 29.8 Å². The van der Waals surface area contributed by atoms with Gasteiger partial charge in [0.15, 0.2) is 17.3 Å². The van der Waals surface area contributed by atoms with Crippen LogP contribution in [0.15, 0.2) is 34.4 Å². The van der Waals surface area contributed by atoms with E-state index < -0.39 is 0 Å². The second-order valence-corrected chi connectivity index (χ2v) is 8.70. The second-order valence-electron chi connectivity index (χ2n) is 7.62. The molecular formula is C22H19N5O3S. The lowest BCUT2D eigenvalue weighted by Crippen LogP contribution is -2.16. The molecule has 1 aliphatic carbocycles. The molecule has 2 N–H and O–H groups in total. The van der Waals surface area contributed by atoms with Crippen molar-refractivity contribution in [1.82, 2.24) is 15.0 Å². The van der Waals surface area contributed by atoms with Gasteiger partial charge in [0.1, 0.15) is 24.4 Å². The molecule has 1 aromatic carbocycles. The molecule has 156 valence electrons. The molecule has 3 aromatic heterocycles. The summed E-state index contributed by atoms with van der Waals surface area (Å²) >= 11 is 1.74. The van der Waals surface area contributed by atoms with Gasteiger partial charge >= 0.3 is 0 Å². The average molecular weight is 433 g/mol. The zero-order chi connectivity index (χ0) is 20.8. The molecule has 1 aliphatic heterocycles. The van der Waals surface area contributed by atoms with Crippen molar-refractivity contribution in [1.29, 1.82) is 0 Å². The predicted molar refractivity (Wildman–Crippen MR) is 121 cm³/mol. The van der Waals surface area contributed by atoms with Gasteiger partial charge in [-0.2, -0.15) is 5.10 Å². The number of hydrazone groups is 1. The number of ether oxygens (including phenoxy) is 2. The van der Waals surface area contributed by atoms with E-state index in [1.165, 1.54) is 29.5 Å². The Morgan fingerprint density at radius 1 is 1.10 bits per heavy atom. The number of nitrogens with one attached hydrogen (secondary N) is 2. The van der Waals surface area contributed by atoms with Crippen LogP contribution in [0.25, 0.3) is 21.1 Å². The molecule has 0 saturated heterocycles. The Morgan fingerprint density at radius 2 is 1.94 bits per heavy atom. The Kier molecular flexibility index (Phi) is 4.34. The van der Waals surface area contributed by atoms with Crippen LogP contribution >= 0.6 is 11.3 Å². The van der Waals surface area contributed by atoms with Gasteiger partial charge in [0.2, 0.25) is 0 Å². The predicted octanol–water partition coefficient (Wildman–Crippen LogP) is 3.63. The molecule has 9 heteroatoms. The van der Waals surface area contributed by atoms with Gasteiger partial charge in [-0.25, -0.2) is 9.97 Å². The first-order valence-electron chi connectivity index (χ1n) is 10.3. The summed E-state index contributed by atoms with van der Waals surface area (Å²) in [6.07, 6.45) is 7.62. The van der Waals surface area contributed by atoms with Crippen molar-refractivity contribution in [3.63, 3.8) is 0 Å². The summed E-state index contributed by atoms with van der Waals surface area (Å²) < 4.78 is 11.2. The molecule has 4 heterocycles. The van der Waals surface area contributed by atoms with Crippen LogP contribution < -0.4 is 20.5 Å². The van der Waals surface area contributed by atoms with E-state index in [1.807, 2.05) is 6.07 Å². The van der Waals surface area contributed by atoms with E-state index in [9.17, 15) is 4.79 Å². The number of thiophene rings is 1. The van der Waals surface area contributed by atoms with Crippen LogP contribution in [0.4, 0.5) is 5.82 Å². The van der Waals surface area contributed by atoms with E-state index in [0.29, 0.717) is 41.6 Å². The number of aryl methyl sites for hydroxylation is 2. The number of anilines is 1. The molecule has 0 spiro atoms. The van der Waals surface area contributed by atoms with Crippen molar-refractivity contribution in [2.45, 2.75) is 25.7 Å². The summed E-state index contributed by atoms with van der Waals surface area (Å²) in [7, 11) is 0. The van der Waals surface area contributed by atoms with Gasteiger partial charge in [0.25, 0.3) is 5.56 Å². The molecule has 0 bridgehead atoms. The van der Waals surface area contributed by atoms with Crippen LogP contribution in [0, 0.1) is 0 Å². The summed E-state index contributed by atoms with van der Waals surface area (Å²) in [5, 5.41) is 6.21. The number of pyridine rings is 1. The number of rotatable bonds is 3. The molecule has 0 fully saturated rings. The minimum atomic E-state index is -0.226. The molecule has 0 atom stereocenters. The van der Waals surface area contributed by atoms with E-state index in [-0.39, 0.29) is 5.56 Å². The van der Waals surface area contributed by atoms with E-state index >= 15 is 0 Å². The third-order valence-electron chi connectivity index (χ3n) is 5.66. The zero-order valence-electron chi connectivity index (χ0n) is 16.6. The summed E-state index contributed by atoms with van der Waals surface area (Å²) in [4.78, 5) is 26.6. The van der Waals surface area contributed by atoms with E-state index in [4.69, 9.17) is 9.47 Å². The summed E-state index contributed by atoms with van der Waals surface area (Å²) in [6, 6.07) is 5.46. The number of fused-ring (bicyclic) bond motifs is 5. The molecule has 0 radical (unpaired) electrons. The minimum absolute atomic E-state index is 0.226. The number of hydrogen-bond acceptors (Lipinski definition) is 8. The summed E-state index contributed by atoms with van der Waals surface area (Å²) in [6.45, 7) is 1.02. The monoisotopic (exact) mass is 433 g/mol. The fourth-order valence-corrected chi connectivity index (χ4v) is 5.42. The maximum absolute atomic E-state index is 12.5.